The zero-order chi connectivity index (χ0) is 15.6. The van der Waals surface area contributed by atoms with E-state index < -0.39 is 0 Å². The van der Waals surface area contributed by atoms with Crippen molar-refractivity contribution in [2.24, 2.45) is 7.05 Å². The van der Waals surface area contributed by atoms with Crippen molar-refractivity contribution in [3.05, 3.63) is 51.3 Å². The van der Waals surface area contributed by atoms with Crippen molar-refractivity contribution in [3.63, 3.8) is 0 Å². The number of rotatable bonds is 4. The van der Waals surface area contributed by atoms with Crippen LogP contribution in [-0.4, -0.2) is 15.8 Å². The Balaban J connectivity index is 2.50. The molecule has 0 saturated carbocycles. The van der Waals surface area contributed by atoms with Crippen molar-refractivity contribution < 1.29 is 0 Å². The molecule has 21 heavy (non-hydrogen) atoms. The molecule has 0 aliphatic heterocycles. The molecule has 2 aromatic rings. The van der Waals surface area contributed by atoms with Gasteiger partial charge in [0.2, 0.25) is 0 Å². The summed E-state index contributed by atoms with van der Waals surface area (Å²) in [6, 6.07) is 8.53. The van der Waals surface area contributed by atoms with E-state index in [0.29, 0.717) is 12.6 Å². The number of nitrogens with zero attached hydrogens (tertiary/aromatic N) is 2. The highest BCUT2D eigenvalue weighted by Crippen LogP contribution is 2.22. The largest absolute Gasteiger partial charge is 0.310 e. The maximum atomic E-state index is 12.2. The molecule has 4 heteroatoms. The van der Waals surface area contributed by atoms with E-state index in [2.05, 4.69) is 56.3 Å². The second kappa shape index (κ2) is 6.22. The second-order valence-corrected chi connectivity index (χ2v) is 5.84. The summed E-state index contributed by atoms with van der Waals surface area (Å²) in [4.78, 5) is 12.2. The molecule has 0 radical (unpaired) electrons. The molecule has 0 unspecified atom stereocenters. The molecule has 0 fully saturated rings. The first-order chi connectivity index (χ1) is 9.88. The van der Waals surface area contributed by atoms with Gasteiger partial charge in [0.15, 0.2) is 0 Å². The van der Waals surface area contributed by atoms with Crippen LogP contribution in [0.25, 0.3) is 11.3 Å². The van der Waals surface area contributed by atoms with Gasteiger partial charge in [0.1, 0.15) is 0 Å². The topological polar surface area (TPSA) is 46.9 Å². The summed E-state index contributed by atoms with van der Waals surface area (Å²) in [5.74, 6) is 0. The van der Waals surface area contributed by atoms with E-state index in [1.807, 2.05) is 6.07 Å². The van der Waals surface area contributed by atoms with Crippen LogP contribution in [0.2, 0.25) is 0 Å². The number of benzene rings is 1. The van der Waals surface area contributed by atoms with E-state index in [1.165, 1.54) is 10.2 Å². The summed E-state index contributed by atoms with van der Waals surface area (Å²) in [7, 11) is 1.70. The fourth-order valence-corrected chi connectivity index (χ4v) is 2.25. The highest BCUT2D eigenvalue weighted by Gasteiger charge is 2.10. The van der Waals surface area contributed by atoms with E-state index in [0.717, 1.165) is 22.4 Å². The molecule has 1 heterocycles. The Morgan fingerprint density at radius 3 is 2.62 bits per heavy atom. The van der Waals surface area contributed by atoms with E-state index in [-0.39, 0.29) is 5.56 Å². The zero-order valence-electron chi connectivity index (χ0n) is 13.4. The molecule has 0 aliphatic carbocycles. The van der Waals surface area contributed by atoms with E-state index in [1.54, 1.807) is 7.05 Å². The highest BCUT2D eigenvalue weighted by atomic mass is 16.1. The quantitative estimate of drug-likeness (QED) is 0.939. The van der Waals surface area contributed by atoms with Crippen molar-refractivity contribution in [1.82, 2.24) is 15.1 Å². The predicted octanol–water partition coefficient (Wildman–Crippen LogP) is 2.56. The number of aryl methyl sites for hydroxylation is 3. The van der Waals surface area contributed by atoms with Crippen molar-refractivity contribution in [3.8, 4) is 11.3 Å². The summed E-state index contributed by atoms with van der Waals surface area (Å²) in [6.45, 7) is 8.82. The van der Waals surface area contributed by atoms with Gasteiger partial charge < -0.3 is 5.32 Å². The smallest absolute Gasteiger partial charge is 0.271 e. The highest BCUT2D eigenvalue weighted by molar-refractivity contribution is 5.64. The second-order valence-electron chi connectivity index (χ2n) is 5.84. The first-order valence-corrected chi connectivity index (χ1v) is 7.26. The predicted molar refractivity (Wildman–Crippen MR) is 86.4 cm³/mol. The molecular weight excluding hydrogens is 262 g/mol. The number of aromatic nitrogens is 2. The van der Waals surface area contributed by atoms with Crippen molar-refractivity contribution in [2.75, 3.05) is 0 Å². The van der Waals surface area contributed by atoms with Gasteiger partial charge in [-0.2, -0.15) is 5.10 Å². The molecule has 4 nitrogen and oxygen atoms in total. The third-order valence-electron chi connectivity index (χ3n) is 3.51. The molecule has 0 saturated heterocycles. The SMILES string of the molecule is Cc1ccc(C)c(-c2cc(CNC(C)C)c(=O)n(C)n2)c1. The molecule has 2 rings (SSSR count). The molecule has 112 valence electrons. The number of hydrogen-bond acceptors (Lipinski definition) is 3. The van der Waals surface area contributed by atoms with Crippen LogP contribution in [0, 0.1) is 13.8 Å². The Kier molecular flexibility index (Phi) is 4.58. The molecule has 0 spiro atoms. The van der Waals surface area contributed by atoms with Gasteiger partial charge in [-0.05, 0) is 31.5 Å². The zero-order valence-corrected chi connectivity index (χ0v) is 13.4. The van der Waals surface area contributed by atoms with Crippen molar-refractivity contribution in [1.29, 1.82) is 0 Å². The minimum Gasteiger partial charge on any atom is -0.310 e. The lowest BCUT2D eigenvalue weighted by Crippen LogP contribution is -2.30. The Hall–Kier alpha value is -1.94. The molecule has 0 atom stereocenters. The fourth-order valence-electron chi connectivity index (χ4n) is 2.25. The van der Waals surface area contributed by atoms with E-state index >= 15 is 0 Å². The third kappa shape index (κ3) is 3.58. The monoisotopic (exact) mass is 285 g/mol. The van der Waals surface area contributed by atoms with Crippen LogP contribution in [-0.2, 0) is 13.6 Å². The van der Waals surface area contributed by atoms with Gasteiger partial charge in [-0.15, -0.1) is 0 Å². The summed E-state index contributed by atoms with van der Waals surface area (Å²) in [5, 5.41) is 7.70. The van der Waals surface area contributed by atoms with Gasteiger partial charge in [-0.3, -0.25) is 4.79 Å². The summed E-state index contributed by atoms with van der Waals surface area (Å²) < 4.78 is 1.43. The maximum absolute atomic E-state index is 12.2. The third-order valence-corrected chi connectivity index (χ3v) is 3.51. The lowest BCUT2D eigenvalue weighted by molar-refractivity contribution is 0.577. The van der Waals surface area contributed by atoms with Gasteiger partial charge in [0.05, 0.1) is 5.69 Å². The van der Waals surface area contributed by atoms with Crippen molar-refractivity contribution >= 4 is 0 Å². The van der Waals surface area contributed by atoms with Gasteiger partial charge in [0.25, 0.3) is 5.56 Å². The minimum absolute atomic E-state index is 0.0443. The first kappa shape index (κ1) is 15.4. The fraction of sp³-hybridized carbons (Fsp3) is 0.412. The van der Waals surface area contributed by atoms with Crippen LogP contribution < -0.4 is 10.9 Å². The van der Waals surface area contributed by atoms with Crippen LogP contribution in [0.4, 0.5) is 0 Å². The normalized spacial score (nSPS) is 11.1. The minimum atomic E-state index is -0.0443. The Morgan fingerprint density at radius 2 is 1.95 bits per heavy atom. The number of nitrogens with one attached hydrogen (secondary N) is 1. The average molecular weight is 285 g/mol. The summed E-state index contributed by atoms with van der Waals surface area (Å²) >= 11 is 0. The molecule has 1 N–H and O–H groups in total. The van der Waals surface area contributed by atoms with Gasteiger partial charge in [0, 0.05) is 30.8 Å². The lowest BCUT2D eigenvalue weighted by atomic mass is 10.0. The lowest BCUT2D eigenvalue weighted by Gasteiger charge is -2.12. The molecule has 0 aliphatic rings. The van der Waals surface area contributed by atoms with Gasteiger partial charge >= 0.3 is 0 Å². The first-order valence-electron chi connectivity index (χ1n) is 7.26. The number of hydrogen-bond donors (Lipinski definition) is 1. The van der Waals surface area contributed by atoms with Gasteiger partial charge in [-0.25, -0.2) is 4.68 Å². The summed E-state index contributed by atoms with van der Waals surface area (Å²) in [5.41, 5.74) is 4.98. The molecular formula is C17H23N3O. The molecule has 1 aromatic carbocycles. The van der Waals surface area contributed by atoms with E-state index in [4.69, 9.17) is 0 Å². The molecule has 1 aromatic heterocycles. The Bertz CT molecular complexity index is 702. The maximum Gasteiger partial charge on any atom is 0.271 e. The van der Waals surface area contributed by atoms with Crippen LogP contribution >= 0.6 is 0 Å². The Labute approximate surface area is 125 Å². The summed E-state index contributed by atoms with van der Waals surface area (Å²) in [6.07, 6.45) is 0. The Morgan fingerprint density at radius 1 is 1.24 bits per heavy atom. The van der Waals surface area contributed by atoms with Gasteiger partial charge in [-0.1, -0.05) is 31.5 Å². The average Bonchev–Trinajstić information content (AvgIpc) is 2.43. The van der Waals surface area contributed by atoms with Crippen LogP contribution in [0.15, 0.2) is 29.1 Å². The molecule has 0 amide bonds. The standard InChI is InChI=1S/C17H23N3O/c1-11(2)18-10-14-9-16(19-20(5)17(14)21)15-8-12(3)6-7-13(15)4/h6-9,11,18H,10H2,1-5H3. The van der Waals surface area contributed by atoms with Crippen LogP contribution in [0.1, 0.15) is 30.5 Å². The van der Waals surface area contributed by atoms with Crippen LogP contribution in [0.3, 0.4) is 0 Å². The van der Waals surface area contributed by atoms with E-state index in [9.17, 15) is 4.79 Å². The molecule has 0 bridgehead atoms. The van der Waals surface area contributed by atoms with Crippen LogP contribution in [0.5, 0.6) is 0 Å². The van der Waals surface area contributed by atoms with Crippen molar-refractivity contribution in [2.45, 2.75) is 40.3 Å².